The summed E-state index contributed by atoms with van der Waals surface area (Å²) in [6.45, 7) is 10.8. The van der Waals surface area contributed by atoms with Gasteiger partial charge in [0.25, 0.3) is 5.54 Å². The van der Waals surface area contributed by atoms with Crippen molar-refractivity contribution in [2.75, 3.05) is 31.1 Å². The molecule has 1 saturated carbocycles. The van der Waals surface area contributed by atoms with E-state index in [9.17, 15) is 14.0 Å². The Labute approximate surface area is 189 Å². The second kappa shape index (κ2) is 7.81. The third kappa shape index (κ3) is 3.42. The predicted octanol–water partition coefficient (Wildman–Crippen LogP) is 3.06. The average molecular weight is 452 g/mol. The van der Waals surface area contributed by atoms with Crippen molar-refractivity contribution < 1.29 is 23.1 Å². The topological polar surface area (TPSA) is 75.0 Å². The summed E-state index contributed by atoms with van der Waals surface area (Å²) in [6, 6.07) is 8.78. The number of amides is 2. The summed E-state index contributed by atoms with van der Waals surface area (Å²) < 4.78 is 35.3. The Bertz CT molecular complexity index is 1180. The van der Waals surface area contributed by atoms with Crippen molar-refractivity contribution in [3.05, 3.63) is 65.0 Å². The first kappa shape index (κ1) is 21.3. The third-order valence-electron chi connectivity index (χ3n) is 6.85. The fourth-order valence-electron chi connectivity index (χ4n) is 5.15. The molecule has 2 aromatic rings. The van der Waals surface area contributed by atoms with Gasteiger partial charge in [-0.1, -0.05) is 6.07 Å². The van der Waals surface area contributed by atoms with Crippen LogP contribution >= 0.6 is 0 Å². The van der Waals surface area contributed by atoms with Gasteiger partial charge in [0.1, 0.15) is 17.7 Å². The number of hydrogen-bond acceptors (Lipinski definition) is 4. The van der Waals surface area contributed by atoms with Crippen LogP contribution in [0.2, 0.25) is 0 Å². The average Bonchev–Trinajstić information content (AvgIpc) is 3.11. The molecule has 0 aromatic heterocycles. The number of fused-ring (bicyclic) bond motifs is 1. The van der Waals surface area contributed by atoms with Crippen LogP contribution < -0.4 is 15.5 Å². The fourth-order valence-corrected chi connectivity index (χ4v) is 5.15. The zero-order valence-electron chi connectivity index (χ0n) is 17.9. The van der Waals surface area contributed by atoms with Crippen LogP contribution in [0.5, 0.6) is 0 Å². The highest BCUT2D eigenvalue weighted by molar-refractivity contribution is 5.90. The molecule has 2 amide bonds. The number of carbonyl (C=O) groups excluding carboxylic acids is 2. The van der Waals surface area contributed by atoms with Crippen molar-refractivity contribution >= 4 is 17.7 Å². The van der Waals surface area contributed by atoms with Gasteiger partial charge in [-0.05, 0) is 35.9 Å². The molecule has 9 heteroatoms. The van der Waals surface area contributed by atoms with E-state index >= 15 is 4.39 Å². The predicted molar refractivity (Wildman–Crippen MR) is 116 cm³/mol. The van der Waals surface area contributed by atoms with Crippen molar-refractivity contribution in [3.63, 3.8) is 0 Å². The van der Waals surface area contributed by atoms with E-state index in [1.807, 2.05) is 0 Å². The van der Waals surface area contributed by atoms with Gasteiger partial charge < -0.3 is 20.2 Å². The minimum Gasteiger partial charge on any atom is -0.442 e. The maximum atomic E-state index is 15.1. The van der Waals surface area contributed by atoms with E-state index < -0.39 is 29.4 Å². The first-order chi connectivity index (χ1) is 15.8. The molecule has 0 bridgehead atoms. The monoisotopic (exact) mass is 452 g/mol. The van der Waals surface area contributed by atoms with Crippen LogP contribution in [0.15, 0.2) is 36.4 Å². The number of hydrogen-bond donors (Lipinski definition) is 2. The second-order valence-corrected chi connectivity index (χ2v) is 8.72. The van der Waals surface area contributed by atoms with Crippen LogP contribution in [0.1, 0.15) is 12.5 Å². The van der Waals surface area contributed by atoms with Gasteiger partial charge in [0.15, 0.2) is 0 Å². The summed E-state index contributed by atoms with van der Waals surface area (Å²) in [7, 11) is 0. The minimum atomic E-state index is -0.819. The number of nitrogens with one attached hydrogen (secondary N) is 2. The first-order valence-electron chi connectivity index (χ1n) is 10.8. The van der Waals surface area contributed by atoms with Crippen molar-refractivity contribution in [2.45, 2.75) is 18.6 Å². The number of nitrogens with zero attached hydrogens (tertiary/aromatic N) is 2. The van der Waals surface area contributed by atoms with Crippen LogP contribution in [0.25, 0.3) is 16.0 Å². The molecule has 4 atom stereocenters. The number of ether oxygens (including phenoxy) is 1. The lowest BCUT2D eigenvalue weighted by molar-refractivity contribution is -0.119. The van der Waals surface area contributed by atoms with Crippen LogP contribution in [0.4, 0.5) is 19.3 Å². The number of anilines is 1. The number of cyclic esters (lactones) is 1. The van der Waals surface area contributed by atoms with Gasteiger partial charge in [0.05, 0.1) is 36.2 Å². The van der Waals surface area contributed by atoms with Crippen molar-refractivity contribution in [3.8, 4) is 11.1 Å². The van der Waals surface area contributed by atoms with Gasteiger partial charge in [-0.15, -0.1) is 0 Å². The van der Waals surface area contributed by atoms with Crippen LogP contribution in [0.3, 0.4) is 0 Å². The highest BCUT2D eigenvalue weighted by Crippen LogP contribution is 2.63. The summed E-state index contributed by atoms with van der Waals surface area (Å²) in [5.74, 6) is -1.13. The van der Waals surface area contributed by atoms with E-state index in [1.54, 1.807) is 18.2 Å². The Morgan fingerprint density at radius 1 is 1.24 bits per heavy atom. The van der Waals surface area contributed by atoms with Gasteiger partial charge >= 0.3 is 6.09 Å². The molecule has 0 spiro atoms. The summed E-state index contributed by atoms with van der Waals surface area (Å²) >= 11 is 0. The van der Waals surface area contributed by atoms with E-state index in [2.05, 4.69) is 15.5 Å². The second-order valence-electron chi connectivity index (χ2n) is 8.72. The maximum Gasteiger partial charge on any atom is 0.414 e. The molecule has 5 rings (SSSR count). The third-order valence-corrected chi connectivity index (χ3v) is 6.85. The minimum absolute atomic E-state index is 0.112. The van der Waals surface area contributed by atoms with Crippen LogP contribution in [0, 0.1) is 30.0 Å². The standard InChI is InChI=1S/C24H22F2N4O3/c1-13(31)29-9-16-12-30(23(32)33-16)15-4-5-17(21(25)8-15)14-3-6-18(22(26)7-14)24(27-2)19-10-28-11-20(19)24/h3-8,16,19-20,28H,9-12H2,1H3,(H,29,31)/t16-,19-,20+,24?/m0/s1. The molecule has 3 aliphatic rings. The molecule has 2 aliphatic heterocycles. The van der Waals surface area contributed by atoms with Crippen molar-refractivity contribution in [1.82, 2.24) is 10.6 Å². The molecule has 2 aromatic carbocycles. The Kier molecular flexibility index (Phi) is 5.05. The number of rotatable bonds is 5. The molecule has 7 nitrogen and oxygen atoms in total. The lowest BCUT2D eigenvalue weighted by Gasteiger charge is -2.15. The summed E-state index contributed by atoms with van der Waals surface area (Å²) in [4.78, 5) is 28.3. The molecular weight excluding hydrogens is 430 g/mol. The van der Waals surface area contributed by atoms with Gasteiger partial charge in [-0.3, -0.25) is 9.69 Å². The van der Waals surface area contributed by atoms with E-state index in [1.165, 1.54) is 30.0 Å². The summed E-state index contributed by atoms with van der Waals surface area (Å²) in [5.41, 5.74) is 0.423. The number of halogens is 2. The fraction of sp³-hybridized carbons (Fsp3) is 0.375. The molecule has 2 heterocycles. The summed E-state index contributed by atoms with van der Waals surface area (Å²) in [5, 5.41) is 5.81. The van der Waals surface area contributed by atoms with E-state index in [-0.39, 0.29) is 36.4 Å². The maximum absolute atomic E-state index is 15.1. The molecule has 1 aliphatic carbocycles. The van der Waals surface area contributed by atoms with Gasteiger partial charge in [0, 0.05) is 25.6 Å². The van der Waals surface area contributed by atoms with Gasteiger partial charge in [-0.25, -0.2) is 20.1 Å². The van der Waals surface area contributed by atoms with E-state index in [0.717, 1.165) is 0 Å². The Morgan fingerprint density at radius 2 is 2.00 bits per heavy atom. The summed E-state index contributed by atoms with van der Waals surface area (Å²) in [6.07, 6.45) is -1.15. The van der Waals surface area contributed by atoms with Crippen LogP contribution in [-0.4, -0.2) is 44.3 Å². The first-order valence-corrected chi connectivity index (χ1v) is 10.8. The molecule has 33 heavy (non-hydrogen) atoms. The zero-order chi connectivity index (χ0) is 23.3. The SMILES string of the molecule is [C-]#[N+]C1(c2ccc(-c3ccc(N4C[C@H](CNC(C)=O)OC4=O)cc3F)cc2F)[C@@H]2CNC[C@@H]21. The lowest BCUT2D eigenvalue weighted by atomic mass is 9.95. The highest BCUT2D eigenvalue weighted by atomic mass is 19.1. The Morgan fingerprint density at radius 3 is 2.64 bits per heavy atom. The highest BCUT2D eigenvalue weighted by Gasteiger charge is 2.76. The van der Waals surface area contributed by atoms with Gasteiger partial charge in [0.2, 0.25) is 5.91 Å². The number of piperidine rings is 1. The smallest absolute Gasteiger partial charge is 0.414 e. The van der Waals surface area contributed by atoms with Crippen molar-refractivity contribution in [1.29, 1.82) is 0 Å². The molecule has 2 N–H and O–H groups in total. The largest absolute Gasteiger partial charge is 0.442 e. The molecule has 1 unspecified atom stereocenters. The molecule has 3 fully saturated rings. The Balaban J connectivity index is 1.36. The van der Waals surface area contributed by atoms with Crippen molar-refractivity contribution in [2.24, 2.45) is 11.8 Å². The number of carbonyl (C=O) groups is 2. The molecule has 2 saturated heterocycles. The zero-order valence-corrected chi connectivity index (χ0v) is 17.9. The molecule has 170 valence electrons. The molecular formula is C24H22F2N4O3. The Hall–Kier alpha value is -3.51. The van der Waals surface area contributed by atoms with Crippen LogP contribution in [-0.2, 0) is 15.1 Å². The molecule has 0 radical (unpaired) electrons. The lowest BCUT2D eigenvalue weighted by Crippen LogP contribution is -2.33. The van der Waals surface area contributed by atoms with E-state index in [4.69, 9.17) is 11.3 Å². The normalized spacial score (nSPS) is 27.6. The van der Waals surface area contributed by atoms with Gasteiger partial charge in [-0.2, -0.15) is 0 Å². The quantitative estimate of drug-likeness (QED) is 0.684. The van der Waals surface area contributed by atoms with E-state index in [0.29, 0.717) is 29.9 Å². The number of benzene rings is 2.